The molecule has 0 fully saturated rings. The van der Waals surface area contributed by atoms with Crippen LogP contribution in [0.25, 0.3) is 38.0 Å². The van der Waals surface area contributed by atoms with Gasteiger partial charge in [0.25, 0.3) is 0 Å². The number of nitrogens with zero attached hydrogens (tertiary/aromatic N) is 2. The van der Waals surface area contributed by atoms with Crippen LogP contribution in [0.15, 0.2) is 53.1 Å². The fourth-order valence-corrected chi connectivity index (χ4v) is 3.49. The van der Waals surface area contributed by atoms with Crippen LogP contribution in [0.1, 0.15) is 29.1 Å². The Labute approximate surface area is 163 Å². The minimum Gasteiger partial charge on any atom is -0.456 e. The van der Waals surface area contributed by atoms with Crippen LogP contribution in [-0.2, 0) is 13.4 Å². The predicted molar refractivity (Wildman–Crippen MR) is 110 cm³/mol. The summed E-state index contributed by atoms with van der Waals surface area (Å²) in [6, 6.07) is 12.9. The summed E-state index contributed by atoms with van der Waals surface area (Å²) < 4.78 is 33.4. The average molecular weight is 358 g/mol. The number of rotatable bonds is 3. The lowest BCUT2D eigenvalue weighted by atomic mass is 9.97. The molecule has 134 valence electrons. The summed E-state index contributed by atoms with van der Waals surface area (Å²) in [6.07, 6.45) is -1.33. The van der Waals surface area contributed by atoms with Crippen LogP contribution in [0.4, 0.5) is 5.69 Å². The molecule has 2 aromatic heterocycles. The van der Waals surface area contributed by atoms with E-state index in [9.17, 15) is 0 Å². The number of aryl methyl sites for hydroxylation is 1. The Morgan fingerprint density at radius 3 is 2.70 bits per heavy atom. The molecule has 0 aliphatic heterocycles. The molecule has 0 amide bonds. The maximum absolute atomic E-state index is 8.52. The molecule has 0 N–H and O–H groups in total. The molecule has 0 saturated carbocycles. The van der Waals surface area contributed by atoms with Crippen molar-refractivity contribution in [1.82, 2.24) is 0 Å². The first-order valence-corrected chi connectivity index (χ1v) is 9.00. The zero-order valence-electron chi connectivity index (χ0n) is 18.9. The SMILES string of the molecule is [2H]c1cc(C([2H])([2H])C(C)C)cc(-c2c(C)ccc3c2oc2cc([N+]#[C-])ccc23)[n+]1C. The predicted octanol–water partition coefficient (Wildman–Crippen LogP) is 6.14. The van der Waals surface area contributed by atoms with Gasteiger partial charge in [-0.15, -0.1) is 0 Å². The quantitative estimate of drug-likeness (QED) is 0.318. The van der Waals surface area contributed by atoms with E-state index in [4.69, 9.17) is 15.1 Å². The maximum Gasteiger partial charge on any atom is 0.216 e. The van der Waals surface area contributed by atoms with E-state index >= 15 is 0 Å². The van der Waals surface area contributed by atoms with E-state index in [-0.39, 0.29) is 12.1 Å². The van der Waals surface area contributed by atoms with E-state index in [1.807, 2.05) is 52.1 Å². The normalized spacial score (nSPS) is 13.6. The van der Waals surface area contributed by atoms with Gasteiger partial charge >= 0.3 is 0 Å². The molecule has 3 heteroatoms. The van der Waals surface area contributed by atoms with Gasteiger partial charge in [-0.05, 0) is 36.4 Å². The molecule has 4 aromatic rings. The summed E-state index contributed by atoms with van der Waals surface area (Å²) in [4.78, 5) is 3.49. The fraction of sp³-hybridized carbons (Fsp3) is 0.250. The van der Waals surface area contributed by atoms with Gasteiger partial charge in [-0.1, -0.05) is 38.1 Å². The molecular formula is C24H23N2O+. The van der Waals surface area contributed by atoms with Crippen molar-refractivity contribution >= 4 is 27.6 Å². The van der Waals surface area contributed by atoms with Crippen molar-refractivity contribution in [2.75, 3.05) is 0 Å². The van der Waals surface area contributed by atoms with E-state index in [0.717, 1.165) is 27.6 Å². The molecule has 27 heavy (non-hydrogen) atoms. The molecule has 0 bridgehead atoms. The molecule has 0 aliphatic carbocycles. The van der Waals surface area contributed by atoms with E-state index in [0.29, 0.717) is 22.4 Å². The lowest BCUT2D eigenvalue weighted by Gasteiger charge is -2.09. The van der Waals surface area contributed by atoms with Crippen molar-refractivity contribution < 1.29 is 13.1 Å². The van der Waals surface area contributed by atoms with Crippen molar-refractivity contribution in [1.29, 1.82) is 0 Å². The van der Waals surface area contributed by atoms with Gasteiger partial charge in [-0.3, -0.25) is 0 Å². The Bertz CT molecular complexity index is 1350. The largest absolute Gasteiger partial charge is 0.456 e. The van der Waals surface area contributed by atoms with Gasteiger partial charge in [0.2, 0.25) is 5.69 Å². The van der Waals surface area contributed by atoms with Crippen molar-refractivity contribution in [3.63, 3.8) is 0 Å². The van der Waals surface area contributed by atoms with Crippen molar-refractivity contribution in [2.24, 2.45) is 13.0 Å². The van der Waals surface area contributed by atoms with Crippen LogP contribution in [0.5, 0.6) is 0 Å². The summed E-state index contributed by atoms with van der Waals surface area (Å²) in [5.74, 6) is -0.229. The van der Waals surface area contributed by atoms with Crippen LogP contribution in [0.2, 0.25) is 0 Å². The fourth-order valence-electron chi connectivity index (χ4n) is 3.49. The second-order valence-electron chi connectivity index (χ2n) is 7.14. The Hall–Kier alpha value is -3.12. The number of hydrogen-bond acceptors (Lipinski definition) is 1. The Balaban J connectivity index is 2.08. The molecule has 0 atom stereocenters. The van der Waals surface area contributed by atoms with Crippen LogP contribution in [0, 0.1) is 19.4 Å². The minimum atomic E-state index is -1.56. The maximum atomic E-state index is 8.52. The van der Waals surface area contributed by atoms with Crippen molar-refractivity contribution in [3.8, 4) is 11.3 Å². The van der Waals surface area contributed by atoms with Gasteiger partial charge in [0.05, 0.1) is 12.1 Å². The summed E-state index contributed by atoms with van der Waals surface area (Å²) in [7, 11) is 1.81. The third kappa shape index (κ3) is 2.98. The lowest BCUT2D eigenvalue weighted by Crippen LogP contribution is -2.31. The first kappa shape index (κ1) is 14.0. The number of pyridine rings is 1. The zero-order chi connectivity index (χ0) is 21.8. The first-order chi connectivity index (χ1) is 14.1. The zero-order valence-corrected chi connectivity index (χ0v) is 15.9. The first-order valence-electron chi connectivity index (χ1n) is 10.5. The summed E-state index contributed by atoms with van der Waals surface area (Å²) >= 11 is 0. The van der Waals surface area contributed by atoms with Crippen LogP contribution in [0.3, 0.4) is 0 Å². The molecule has 0 radical (unpaired) electrons. The minimum absolute atomic E-state index is 0.229. The molecule has 0 spiro atoms. The number of aromatic nitrogens is 1. The van der Waals surface area contributed by atoms with Gasteiger partial charge in [0.15, 0.2) is 11.9 Å². The number of benzene rings is 2. The number of fused-ring (bicyclic) bond motifs is 3. The highest BCUT2D eigenvalue weighted by Gasteiger charge is 2.21. The van der Waals surface area contributed by atoms with Gasteiger partial charge in [0.1, 0.15) is 19.6 Å². The van der Waals surface area contributed by atoms with E-state index in [1.54, 1.807) is 22.8 Å². The molecule has 4 rings (SSSR count). The average Bonchev–Trinajstić information content (AvgIpc) is 3.07. The monoisotopic (exact) mass is 358 g/mol. The third-order valence-corrected chi connectivity index (χ3v) is 4.74. The van der Waals surface area contributed by atoms with E-state index in [1.165, 1.54) is 0 Å². The smallest absolute Gasteiger partial charge is 0.216 e. The second kappa shape index (κ2) is 6.55. The third-order valence-electron chi connectivity index (χ3n) is 4.74. The summed E-state index contributed by atoms with van der Waals surface area (Å²) in [5.41, 5.74) is 4.88. The molecule has 0 saturated heterocycles. The van der Waals surface area contributed by atoms with E-state index in [2.05, 4.69) is 4.85 Å². The van der Waals surface area contributed by atoms with Gasteiger partial charge in [-0.2, -0.15) is 0 Å². The number of hydrogen-bond donors (Lipinski definition) is 0. The van der Waals surface area contributed by atoms with Gasteiger partial charge < -0.3 is 4.42 Å². The molecule has 0 unspecified atom stereocenters. The Morgan fingerprint density at radius 1 is 1.19 bits per heavy atom. The van der Waals surface area contributed by atoms with Crippen LogP contribution in [-0.4, -0.2) is 0 Å². The highest BCUT2D eigenvalue weighted by molar-refractivity contribution is 6.10. The van der Waals surface area contributed by atoms with Crippen LogP contribution >= 0.6 is 0 Å². The second-order valence-corrected chi connectivity index (χ2v) is 7.14. The lowest BCUT2D eigenvalue weighted by molar-refractivity contribution is -0.660. The molecule has 2 heterocycles. The van der Waals surface area contributed by atoms with Gasteiger partial charge in [0, 0.05) is 25.6 Å². The Kier molecular flexibility index (Phi) is 3.40. The van der Waals surface area contributed by atoms with Crippen molar-refractivity contribution in [2.45, 2.75) is 27.1 Å². The highest BCUT2D eigenvalue weighted by atomic mass is 16.3. The summed E-state index contributed by atoms with van der Waals surface area (Å²) in [5, 5.41) is 1.87. The van der Waals surface area contributed by atoms with Gasteiger partial charge in [-0.25, -0.2) is 9.41 Å². The highest BCUT2D eigenvalue weighted by Crippen LogP contribution is 2.38. The molecule has 0 aliphatic rings. The standard InChI is InChI=1S/C24H23N2O/c1-15(2)12-17-10-11-26(5)21(13-17)23-16(3)6-8-20-19-9-7-18(25-4)14-22(19)27-24(20)23/h6-11,13-15H,12H2,1-3,5H3/q+1/i11D,12D2. The van der Waals surface area contributed by atoms with Crippen LogP contribution < -0.4 is 4.57 Å². The molecule has 2 aromatic carbocycles. The summed E-state index contributed by atoms with van der Waals surface area (Å²) in [6.45, 7) is 12.9. The molecule has 3 nitrogen and oxygen atoms in total. The van der Waals surface area contributed by atoms with E-state index < -0.39 is 6.37 Å². The Morgan fingerprint density at radius 2 is 1.96 bits per heavy atom. The molecular weight excluding hydrogens is 332 g/mol. The van der Waals surface area contributed by atoms with Crippen molar-refractivity contribution in [3.05, 3.63) is 71.2 Å². The number of furan rings is 1. The topological polar surface area (TPSA) is 21.4 Å².